The first-order valence-corrected chi connectivity index (χ1v) is 7.61. The van der Waals surface area contributed by atoms with Crippen LogP contribution in [0.25, 0.3) is 11.5 Å². The van der Waals surface area contributed by atoms with Crippen molar-refractivity contribution in [1.29, 1.82) is 0 Å². The Morgan fingerprint density at radius 2 is 2.39 bits per heavy atom. The molecular weight excluding hydrogens is 294 g/mol. The zero-order valence-electron chi connectivity index (χ0n) is 12.8. The molecule has 3 aromatic heterocycles. The standard InChI is InChI=1S/C16H17N5O2/c1-20-10-11(9-17-20)14-4-2-6-21(14)16(22)13-8-12(18-19-13)15-5-3-7-23-15/h3,5,7-10,14H,2,4,6H2,1H3,(H,18,19). The average molecular weight is 311 g/mol. The van der Waals surface area contributed by atoms with Crippen molar-refractivity contribution in [1.82, 2.24) is 24.9 Å². The van der Waals surface area contributed by atoms with E-state index in [1.807, 2.05) is 30.4 Å². The van der Waals surface area contributed by atoms with Crippen LogP contribution >= 0.6 is 0 Å². The molecule has 3 aromatic rings. The Morgan fingerprint density at radius 1 is 1.48 bits per heavy atom. The zero-order valence-corrected chi connectivity index (χ0v) is 12.8. The van der Waals surface area contributed by atoms with E-state index in [1.165, 1.54) is 0 Å². The van der Waals surface area contributed by atoms with Crippen LogP contribution in [-0.4, -0.2) is 37.3 Å². The quantitative estimate of drug-likeness (QED) is 0.805. The summed E-state index contributed by atoms with van der Waals surface area (Å²) in [6.45, 7) is 0.737. The number of nitrogens with zero attached hydrogens (tertiary/aromatic N) is 4. The second-order valence-corrected chi connectivity index (χ2v) is 5.75. The van der Waals surface area contributed by atoms with Crippen molar-refractivity contribution in [2.75, 3.05) is 6.54 Å². The molecule has 4 heterocycles. The number of aromatic nitrogens is 4. The third kappa shape index (κ3) is 2.44. The van der Waals surface area contributed by atoms with Gasteiger partial charge in [0.1, 0.15) is 5.69 Å². The maximum atomic E-state index is 12.8. The van der Waals surface area contributed by atoms with Crippen LogP contribution < -0.4 is 0 Å². The first-order chi connectivity index (χ1) is 11.2. The van der Waals surface area contributed by atoms with Crippen LogP contribution in [0.5, 0.6) is 0 Å². The van der Waals surface area contributed by atoms with E-state index in [2.05, 4.69) is 15.3 Å². The fourth-order valence-corrected chi connectivity index (χ4v) is 3.11. The normalized spacial score (nSPS) is 17.8. The summed E-state index contributed by atoms with van der Waals surface area (Å²) >= 11 is 0. The lowest BCUT2D eigenvalue weighted by Gasteiger charge is -2.22. The summed E-state index contributed by atoms with van der Waals surface area (Å²) < 4.78 is 7.09. The number of carbonyl (C=O) groups excluding carboxylic acids is 1. The molecule has 0 aliphatic carbocycles. The molecule has 0 bridgehead atoms. The fraction of sp³-hybridized carbons (Fsp3) is 0.312. The lowest BCUT2D eigenvalue weighted by molar-refractivity contribution is 0.0729. The third-order valence-electron chi connectivity index (χ3n) is 4.21. The molecule has 1 amide bonds. The highest BCUT2D eigenvalue weighted by Crippen LogP contribution is 2.33. The molecule has 1 aliphatic heterocycles. The van der Waals surface area contributed by atoms with Crippen molar-refractivity contribution in [3.05, 3.63) is 48.1 Å². The highest BCUT2D eigenvalue weighted by atomic mass is 16.3. The molecule has 23 heavy (non-hydrogen) atoms. The van der Waals surface area contributed by atoms with Gasteiger partial charge >= 0.3 is 0 Å². The number of likely N-dealkylation sites (tertiary alicyclic amines) is 1. The molecule has 0 aromatic carbocycles. The molecule has 1 saturated heterocycles. The maximum absolute atomic E-state index is 12.8. The monoisotopic (exact) mass is 311 g/mol. The summed E-state index contributed by atoms with van der Waals surface area (Å²) in [6.07, 6.45) is 7.33. The molecule has 0 spiro atoms. The van der Waals surface area contributed by atoms with E-state index in [1.54, 1.807) is 23.1 Å². The predicted octanol–water partition coefficient (Wildman–Crippen LogP) is 2.38. The molecule has 1 unspecified atom stereocenters. The fourth-order valence-electron chi connectivity index (χ4n) is 3.11. The molecule has 7 heteroatoms. The summed E-state index contributed by atoms with van der Waals surface area (Å²) in [7, 11) is 1.88. The first kappa shape index (κ1) is 13.8. The number of carbonyl (C=O) groups is 1. The van der Waals surface area contributed by atoms with Crippen LogP contribution in [0.1, 0.15) is 34.9 Å². The Bertz CT molecular complexity index is 817. The number of H-pyrrole nitrogens is 1. The zero-order chi connectivity index (χ0) is 15.8. The number of amides is 1. The molecule has 118 valence electrons. The Hall–Kier alpha value is -2.83. The van der Waals surface area contributed by atoms with Crippen molar-refractivity contribution in [3.8, 4) is 11.5 Å². The van der Waals surface area contributed by atoms with E-state index in [9.17, 15) is 4.79 Å². The van der Waals surface area contributed by atoms with Gasteiger partial charge in [0, 0.05) is 31.4 Å². The highest BCUT2D eigenvalue weighted by Gasteiger charge is 2.32. The number of aromatic amines is 1. The van der Waals surface area contributed by atoms with Crippen molar-refractivity contribution in [2.45, 2.75) is 18.9 Å². The molecule has 4 rings (SSSR count). The summed E-state index contributed by atoms with van der Waals surface area (Å²) in [4.78, 5) is 14.7. The minimum absolute atomic E-state index is 0.0644. The van der Waals surface area contributed by atoms with Crippen LogP contribution in [0.4, 0.5) is 0 Å². The highest BCUT2D eigenvalue weighted by molar-refractivity contribution is 5.93. The van der Waals surface area contributed by atoms with Gasteiger partial charge in [0.2, 0.25) is 0 Å². The second kappa shape index (κ2) is 5.42. The number of hydrogen-bond donors (Lipinski definition) is 1. The molecule has 1 N–H and O–H groups in total. The SMILES string of the molecule is Cn1cc(C2CCCN2C(=O)c2cc(-c3ccco3)[nH]n2)cn1. The predicted molar refractivity (Wildman–Crippen MR) is 82.5 cm³/mol. The van der Waals surface area contributed by atoms with Crippen LogP contribution in [0.3, 0.4) is 0 Å². The number of rotatable bonds is 3. The molecule has 7 nitrogen and oxygen atoms in total. The summed E-state index contributed by atoms with van der Waals surface area (Å²) in [5, 5.41) is 11.2. The minimum Gasteiger partial charge on any atom is -0.463 e. The number of hydrogen-bond acceptors (Lipinski definition) is 4. The summed E-state index contributed by atoms with van der Waals surface area (Å²) in [6, 6.07) is 5.44. The largest absolute Gasteiger partial charge is 0.463 e. The van der Waals surface area contributed by atoms with Crippen molar-refractivity contribution >= 4 is 5.91 Å². The third-order valence-corrected chi connectivity index (χ3v) is 4.21. The van der Waals surface area contributed by atoms with Crippen molar-refractivity contribution in [2.24, 2.45) is 7.05 Å². The van der Waals surface area contributed by atoms with E-state index in [0.717, 1.165) is 24.9 Å². The van der Waals surface area contributed by atoms with Crippen LogP contribution in [-0.2, 0) is 7.05 Å². The van der Waals surface area contributed by atoms with Crippen molar-refractivity contribution < 1.29 is 9.21 Å². The van der Waals surface area contributed by atoms with Gasteiger partial charge in [0.15, 0.2) is 11.5 Å². The first-order valence-electron chi connectivity index (χ1n) is 7.61. The van der Waals surface area contributed by atoms with E-state index >= 15 is 0 Å². The van der Waals surface area contributed by atoms with E-state index in [4.69, 9.17) is 4.42 Å². The Kier molecular flexibility index (Phi) is 3.25. The van der Waals surface area contributed by atoms with E-state index < -0.39 is 0 Å². The average Bonchev–Trinajstić information content (AvgIpc) is 3.31. The second-order valence-electron chi connectivity index (χ2n) is 5.75. The number of furan rings is 1. The van der Waals surface area contributed by atoms with E-state index in [0.29, 0.717) is 17.1 Å². The number of aryl methyl sites for hydroxylation is 1. The van der Waals surface area contributed by atoms with Gasteiger partial charge in [0.05, 0.1) is 18.5 Å². The van der Waals surface area contributed by atoms with Gasteiger partial charge < -0.3 is 9.32 Å². The van der Waals surface area contributed by atoms with E-state index in [-0.39, 0.29) is 11.9 Å². The summed E-state index contributed by atoms with van der Waals surface area (Å²) in [5.41, 5.74) is 2.18. The Morgan fingerprint density at radius 3 is 3.13 bits per heavy atom. The van der Waals surface area contributed by atoms with Crippen LogP contribution in [0, 0.1) is 0 Å². The number of nitrogens with one attached hydrogen (secondary N) is 1. The van der Waals surface area contributed by atoms with Crippen LogP contribution in [0.2, 0.25) is 0 Å². The molecule has 0 radical (unpaired) electrons. The minimum atomic E-state index is -0.0644. The molecular formula is C16H17N5O2. The van der Waals surface area contributed by atoms with Crippen LogP contribution in [0.15, 0.2) is 41.3 Å². The van der Waals surface area contributed by atoms with Gasteiger partial charge in [-0.2, -0.15) is 10.2 Å². The Balaban J connectivity index is 1.58. The molecule has 1 fully saturated rings. The van der Waals surface area contributed by atoms with Crippen molar-refractivity contribution in [3.63, 3.8) is 0 Å². The van der Waals surface area contributed by atoms with Gasteiger partial charge in [-0.3, -0.25) is 14.6 Å². The Labute approximate surface area is 132 Å². The van der Waals surface area contributed by atoms with Gasteiger partial charge in [-0.25, -0.2) is 0 Å². The lowest BCUT2D eigenvalue weighted by Crippen LogP contribution is -2.30. The smallest absolute Gasteiger partial charge is 0.274 e. The van der Waals surface area contributed by atoms with Gasteiger partial charge in [-0.15, -0.1) is 0 Å². The van der Waals surface area contributed by atoms with Gasteiger partial charge in [0.25, 0.3) is 5.91 Å². The molecule has 1 atom stereocenters. The van der Waals surface area contributed by atoms with Gasteiger partial charge in [-0.05, 0) is 25.0 Å². The molecule has 1 aliphatic rings. The lowest BCUT2D eigenvalue weighted by atomic mass is 10.1. The molecule has 0 saturated carbocycles. The maximum Gasteiger partial charge on any atom is 0.274 e. The topological polar surface area (TPSA) is 80.0 Å². The summed E-state index contributed by atoms with van der Waals surface area (Å²) in [5.74, 6) is 0.604. The van der Waals surface area contributed by atoms with Gasteiger partial charge in [-0.1, -0.05) is 0 Å².